The monoisotopic (exact) mass is 186 g/mol. The Morgan fingerprint density at radius 2 is 1.69 bits per heavy atom. The van der Waals surface area contributed by atoms with Crippen molar-refractivity contribution < 1.29 is 10.2 Å². The topological polar surface area (TPSA) is 40.5 Å². The molecule has 1 rings (SSSR count). The van der Waals surface area contributed by atoms with Gasteiger partial charge in [0.2, 0.25) is 0 Å². The third-order valence-corrected chi connectivity index (χ3v) is 1.97. The Bertz CT molecular complexity index is 124. The van der Waals surface area contributed by atoms with Gasteiger partial charge in [0, 0.05) is 0 Å². The van der Waals surface area contributed by atoms with Crippen LogP contribution in [0.3, 0.4) is 0 Å². The highest BCUT2D eigenvalue weighted by Crippen LogP contribution is 2.27. The zero-order chi connectivity index (χ0) is 10.3. The van der Waals surface area contributed by atoms with E-state index in [1.807, 2.05) is 0 Å². The van der Waals surface area contributed by atoms with Gasteiger partial charge in [-0.1, -0.05) is 31.8 Å². The highest BCUT2D eigenvalue weighted by molar-refractivity contribution is 4.76. The number of hydrogen-bond acceptors (Lipinski definition) is 2. The summed E-state index contributed by atoms with van der Waals surface area (Å²) in [5.74, 6) is -0.507. The normalized spacial score (nSPS) is 17.8. The number of hydrogen-bond donors (Lipinski definition) is 2. The Hall–Kier alpha value is -0.340. The van der Waals surface area contributed by atoms with Crippen molar-refractivity contribution in [3.8, 4) is 0 Å². The first-order valence-electron chi connectivity index (χ1n) is 4.99. The van der Waals surface area contributed by atoms with Crippen LogP contribution in [-0.4, -0.2) is 16.0 Å². The molecular weight excluding hydrogens is 164 g/mol. The summed E-state index contributed by atoms with van der Waals surface area (Å²) in [6, 6.07) is 0. The molecule has 0 amide bonds. The lowest BCUT2D eigenvalue weighted by atomic mass is 10.1. The second-order valence-electron chi connectivity index (χ2n) is 4.17. The van der Waals surface area contributed by atoms with Crippen molar-refractivity contribution in [2.24, 2.45) is 5.92 Å². The first kappa shape index (κ1) is 12.7. The van der Waals surface area contributed by atoms with Crippen LogP contribution >= 0.6 is 0 Å². The maximum Gasteiger partial charge on any atom is 0.156 e. The quantitative estimate of drug-likeness (QED) is 0.513. The van der Waals surface area contributed by atoms with Gasteiger partial charge in [-0.2, -0.15) is 0 Å². The molecule has 2 heteroatoms. The molecule has 0 aliphatic heterocycles. The van der Waals surface area contributed by atoms with Crippen molar-refractivity contribution in [1.82, 2.24) is 0 Å². The summed E-state index contributed by atoms with van der Waals surface area (Å²) in [5.41, 5.74) is 0. The van der Waals surface area contributed by atoms with Gasteiger partial charge < -0.3 is 10.2 Å². The van der Waals surface area contributed by atoms with Crippen molar-refractivity contribution in [1.29, 1.82) is 0 Å². The lowest BCUT2D eigenvalue weighted by molar-refractivity contribution is -0.127. The van der Waals surface area contributed by atoms with Crippen LogP contribution in [0.15, 0.2) is 12.7 Å². The minimum Gasteiger partial charge on any atom is -0.366 e. The van der Waals surface area contributed by atoms with Gasteiger partial charge in [-0.05, 0) is 26.2 Å². The van der Waals surface area contributed by atoms with Crippen LogP contribution in [-0.2, 0) is 0 Å². The SMILES string of the molecule is C=CCC1CCCC1.CC(C)(O)O. The van der Waals surface area contributed by atoms with Crippen LogP contribution in [0.4, 0.5) is 0 Å². The average molecular weight is 186 g/mol. The third-order valence-electron chi connectivity index (χ3n) is 1.97. The molecular formula is C11H22O2. The number of rotatable bonds is 2. The fourth-order valence-electron chi connectivity index (χ4n) is 1.48. The van der Waals surface area contributed by atoms with Gasteiger partial charge in [-0.25, -0.2) is 0 Å². The summed E-state index contributed by atoms with van der Waals surface area (Å²) >= 11 is 0. The molecule has 0 aromatic carbocycles. The van der Waals surface area contributed by atoms with Crippen LogP contribution in [0.1, 0.15) is 46.0 Å². The van der Waals surface area contributed by atoms with E-state index in [4.69, 9.17) is 10.2 Å². The van der Waals surface area contributed by atoms with Crippen LogP contribution in [0.5, 0.6) is 0 Å². The lowest BCUT2D eigenvalue weighted by Crippen LogP contribution is -2.15. The molecule has 2 nitrogen and oxygen atoms in total. The van der Waals surface area contributed by atoms with Crippen molar-refractivity contribution in [3.63, 3.8) is 0 Å². The highest BCUT2D eigenvalue weighted by atomic mass is 16.5. The van der Waals surface area contributed by atoms with E-state index in [1.54, 1.807) is 0 Å². The third kappa shape index (κ3) is 11.7. The average Bonchev–Trinajstić information content (AvgIpc) is 2.36. The summed E-state index contributed by atoms with van der Waals surface area (Å²) in [4.78, 5) is 0. The van der Waals surface area contributed by atoms with E-state index in [9.17, 15) is 0 Å². The Labute approximate surface area is 81.3 Å². The molecule has 0 aromatic rings. The van der Waals surface area contributed by atoms with Crippen LogP contribution in [0.25, 0.3) is 0 Å². The fraction of sp³-hybridized carbons (Fsp3) is 0.818. The Morgan fingerprint density at radius 3 is 2.00 bits per heavy atom. The van der Waals surface area contributed by atoms with Crippen molar-refractivity contribution >= 4 is 0 Å². The van der Waals surface area contributed by atoms with Crippen molar-refractivity contribution in [2.75, 3.05) is 0 Å². The predicted octanol–water partition coefficient (Wildman–Crippen LogP) is 2.46. The number of allylic oxidation sites excluding steroid dienone is 1. The fourth-order valence-corrected chi connectivity index (χ4v) is 1.48. The van der Waals surface area contributed by atoms with E-state index < -0.39 is 5.79 Å². The van der Waals surface area contributed by atoms with Crippen molar-refractivity contribution in [2.45, 2.75) is 51.7 Å². The minimum atomic E-state index is -1.50. The summed E-state index contributed by atoms with van der Waals surface area (Å²) in [6.07, 6.45) is 9.12. The van der Waals surface area contributed by atoms with Gasteiger partial charge in [-0.15, -0.1) is 6.58 Å². The van der Waals surface area contributed by atoms with Gasteiger partial charge in [0.25, 0.3) is 0 Å². The van der Waals surface area contributed by atoms with Gasteiger partial charge in [0.1, 0.15) is 0 Å². The summed E-state index contributed by atoms with van der Waals surface area (Å²) in [5, 5.41) is 16.2. The molecule has 0 atom stereocenters. The van der Waals surface area contributed by atoms with Gasteiger partial charge >= 0.3 is 0 Å². The Balaban J connectivity index is 0.000000252. The zero-order valence-corrected chi connectivity index (χ0v) is 8.79. The molecule has 1 aliphatic rings. The Kier molecular flexibility index (Phi) is 6.00. The minimum absolute atomic E-state index is 0.993. The second kappa shape index (κ2) is 6.17. The summed E-state index contributed by atoms with van der Waals surface area (Å²) < 4.78 is 0. The molecule has 0 heterocycles. The molecule has 78 valence electrons. The maximum atomic E-state index is 8.08. The van der Waals surface area contributed by atoms with E-state index in [-0.39, 0.29) is 0 Å². The van der Waals surface area contributed by atoms with E-state index in [2.05, 4.69) is 12.7 Å². The molecule has 2 N–H and O–H groups in total. The predicted molar refractivity (Wildman–Crippen MR) is 55.3 cm³/mol. The van der Waals surface area contributed by atoms with E-state index in [0.29, 0.717) is 0 Å². The van der Waals surface area contributed by atoms with E-state index >= 15 is 0 Å². The first-order valence-corrected chi connectivity index (χ1v) is 4.99. The number of aliphatic hydroxyl groups is 2. The van der Waals surface area contributed by atoms with Crippen LogP contribution < -0.4 is 0 Å². The molecule has 0 radical (unpaired) electrons. The van der Waals surface area contributed by atoms with Gasteiger partial charge in [0.05, 0.1) is 0 Å². The first-order chi connectivity index (χ1) is 5.93. The molecule has 1 saturated carbocycles. The smallest absolute Gasteiger partial charge is 0.156 e. The molecule has 0 aromatic heterocycles. The molecule has 0 saturated heterocycles. The molecule has 0 unspecified atom stereocenters. The largest absolute Gasteiger partial charge is 0.366 e. The molecule has 0 bridgehead atoms. The van der Waals surface area contributed by atoms with Crippen LogP contribution in [0.2, 0.25) is 0 Å². The summed E-state index contributed by atoms with van der Waals surface area (Å²) in [7, 11) is 0. The Morgan fingerprint density at radius 1 is 1.31 bits per heavy atom. The molecule has 0 spiro atoms. The second-order valence-corrected chi connectivity index (χ2v) is 4.17. The van der Waals surface area contributed by atoms with Gasteiger partial charge in [0.15, 0.2) is 5.79 Å². The standard InChI is InChI=1S/C8H14.C3H8O2/c1-2-5-8-6-3-4-7-8;1-3(2,4)5/h2,8H,1,3-7H2;4-5H,1-2H3. The molecule has 1 fully saturated rings. The van der Waals surface area contributed by atoms with E-state index in [1.165, 1.54) is 46.0 Å². The van der Waals surface area contributed by atoms with Crippen molar-refractivity contribution in [3.05, 3.63) is 12.7 Å². The molecule has 1 aliphatic carbocycles. The highest BCUT2D eigenvalue weighted by Gasteiger charge is 2.11. The molecule has 13 heavy (non-hydrogen) atoms. The summed E-state index contributed by atoms with van der Waals surface area (Å²) in [6.45, 7) is 6.32. The van der Waals surface area contributed by atoms with Gasteiger partial charge in [-0.3, -0.25) is 0 Å². The lowest BCUT2D eigenvalue weighted by Gasteiger charge is -2.03. The zero-order valence-electron chi connectivity index (χ0n) is 8.79. The van der Waals surface area contributed by atoms with E-state index in [0.717, 1.165) is 5.92 Å². The maximum absolute atomic E-state index is 8.08. The van der Waals surface area contributed by atoms with Crippen LogP contribution in [0, 0.1) is 5.92 Å².